The van der Waals surface area contributed by atoms with Crippen molar-refractivity contribution >= 4 is 22.3 Å². The number of aromatic nitrogens is 1. The molecule has 2 heterocycles. The van der Waals surface area contributed by atoms with E-state index in [1.165, 1.54) is 46.9 Å². The van der Waals surface area contributed by atoms with E-state index in [4.69, 9.17) is 0 Å². The third-order valence-corrected chi connectivity index (χ3v) is 9.73. The van der Waals surface area contributed by atoms with Crippen LogP contribution >= 0.6 is 0 Å². The summed E-state index contributed by atoms with van der Waals surface area (Å²) in [4.78, 5) is 19.3. The number of piperidine rings is 1. The number of rotatable bonds is 2. The minimum absolute atomic E-state index is 0.151. The van der Waals surface area contributed by atoms with Crippen molar-refractivity contribution < 1.29 is 4.79 Å². The lowest BCUT2D eigenvalue weighted by atomic mass is 9.48. The minimum atomic E-state index is 0.151. The van der Waals surface area contributed by atoms with Crippen LogP contribution < -0.4 is 0 Å². The van der Waals surface area contributed by atoms with Crippen LogP contribution in [0.5, 0.6) is 0 Å². The first-order chi connectivity index (χ1) is 15.5. The molecule has 3 aliphatic carbocycles. The van der Waals surface area contributed by atoms with E-state index >= 15 is 0 Å². The van der Waals surface area contributed by atoms with Gasteiger partial charge >= 0.3 is 0 Å². The second-order valence-corrected chi connectivity index (χ2v) is 11.0. The number of hydrogen-bond donors (Lipinski definition) is 0. The molecule has 0 spiro atoms. The minimum Gasteiger partial charge on any atom is -0.316 e. The smallest absolute Gasteiger partial charge is 0.226 e. The summed E-state index contributed by atoms with van der Waals surface area (Å²) < 4.78 is 0. The van der Waals surface area contributed by atoms with Crippen molar-refractivity contribution in [3.63, 3.8) is 0 Å². The van der Waals surface area contributed by atoms with Crippen molar-refractivity contribution in [3.05, 3.63) is 60.1 Å². The van der Waals surface area contributed by atoms with Gasteiger partial charge in [-0.05, 0) is 73.2 Å². The van der Waals surface area contributed by atoms with Gasteiger partial charge in [0.05, 0.1) is 0 Å². The molecule has 2 aromatic rings. The maximum atomic E-state index is 12.6. The summed E-state index contributed by atoms with van der Waals surface area (Å²) in [5.74, 6) is 2.38. The largest absolute Gasteiger partial charge is 0.316 e. The molecule has 166 valence electrons. The number of pyridine rings is 1. The summed E-state index contributed by atoms with van der Waals surface area (Å²) >= 11 is 0. The number of hydrogen-bond acceptors (Lipinski definition) is 2. The second kappa shape index (κ2) is 7.04. The quantitative estimate of drug-likeness (QED) is 0.541. The van der Waals surface area contributed by atoms with E-state index in [1.54, 1.807) is 0 Å². The normalized spacial score (nSPS) is 36.3. The molecule has 1 amide bonds. The lowest BCUT2D eigenvalue weighted by molar-refractivity contribution is -0.136. The van der Waals surface area contributed by atoms with Gasteiger partial charge in [0.1, 0.15) is 0 Å². The zero-order chi connectivity index (χ0) is 22.1. The number of fused-ring (bicyclic) bond motifs is 6. The fourth-order valence-corrected chi connectivity index (χ4v) is 8.11. The second-order valence-electron chi connectivity index (χ2n) is 11.0. The van der Waals surface area contributed by atoms with Crippen molar-refractivity contribution in [2.45, 2.75) is 59.3 Å². The molecule has 0 unspecified atom stereocenters. The van der Waals surface area contributed by atoms with Crippen LogP contribution in [0.2, 0.25) is 0 Å². The fourth-order valence-electron chi connectivity index (χ4n) is 8.11. The Morgan fingerprint density at radius 1 is 1.03 bits per heavy atom. The molecular formula is C29H34N2O. The van der Waals surface area contributed by atoms with Crippen LogP contribution in [0.25, 0.3) is 16.3 Å². The van der Waals surface area contributed by atoms with E-state index < -0.39 is 0 Å². The van der Waals surface area contributed by atoms with E-state index in [9.17, 15) is 4.79 Å². The fraction of sp³-hybridized carbons (Fsp3) is 0.517. The van der Waals surface area contributed by atoms with Crippen molar-refractivity contribution in [1.82, 2.24) is 9.88 Å². The number of amides is 1. The van der Waals surface area contributed by atoms with Gasteiger partial charge in [-0.1, -0.05) is 50.3 Å². The highest BCUT2D eigenvalue weighted by molar-refractivity contribution is 5.94. The Balaban J connectivity index is 1.38. The van der Waals surface area contributed by atoms with Gasteiger partial charge in [0.15, 0.2) is 0 Å². The summed E-state index contributed by atoms with van der Waals surface area (Å²) in [5, 5.41) is 2.57. The number of likely N-dealkylation sites (tertiary alicyclic amines) is 1. The van der Waals surface area contributed by atoms with E-state index in [1.807, 2.05) is 6.20 Å². The van der Waals surface area contributed by atoms with Crippen molar-refractivity contribution in [3.8, 4) is 0 Å². The van der Waals surface area contributed by atoms with Gasteiger partial charge in [0.25, 0.3) is 0 Å². The predicted octanol–water partition coefficient (Wildman–Crippen LogP) is 6.61. The molecule has 1 aromatic heterocycles. The lowest BCUT2D eigenvalue weighted by Crippen LogP contribution is -2.53. The highest BCUT2D eigenvalue weighted by atomic mass is 16.2. The average molecular weight is 427 g/mol. The summed E-state index contributed by atoms with van der Waals surface area (Å²) in [5.41, 5.74) is 4.57. The molecule has 6 rings (SSSR count). The zero-order valence-corrected chi connectivity index (χ0v) is 19.6. The van der Waals surface area contributed by atoms with Crippen LogP contribution in [0.1, 0.15) is 64.9 Å². The van der Waals surface area contributed by atoms with E-state index in [2.05, 4.69) is 73.3 Å². The molecule has 5 atom stereocenters. The van der Waals surface area contributed by atoms with Gasteiger partial charge in [-0.3, -0.25) is 9.78 Å². The van der Waals surface area contributed by atoms with Crippen molar-refractivity contribution in [2.24, 2.45) is 28.6 Å². The molecule has 1 aliphatic heterocycles. The first-order valence-corrected chi connectivity index (χ1v) is 12.5. The monoisotopic (exact) mass is 426 g/mol. The summed E-state index contributed by atoms with van der Waals surface area (Å²) in [6.07, 6.45) is 15.6. The molecule has 0 N–H and O–H groups in total. The third-order valence-electron chi connectivity index (χ3n) is 9.73. The van der Waals surface area contributed by atoms with Crippen molar-refractivity contribution in [2.75, 3.05) is 6.54 Å². The average Bonchev–Trinajstić information content (AvgIpc) is 3.16. The van der Waals surface area contributed by atoms with Crippen LogP contribution in [0.3, 0.4) is 0 Å². The molecule has 0 radical (unpaired) electrons. The summed E-state index contributed by atoms with van der Waals surface area (Å²) in [6.45, 7) is 7.92. The Morgan fingerprint density at radius 2 is 1.88 bits per heavy atom. The number of carbonyl (C=O) groups is 1. The van der Waals surface area contributed by atoms with Gasteiger partial charge < -0.3 is 4.90 Å². The third kappa shape index (κ3) is 2.60. The molecule has 1 saturated carbocycles. The molecule has 1 saturated heterocycles. The molecule has 32 heavy (non-hydrogen) atoms. The van der Waals surface area contributed by atoms with Crippen LogP contribution in [-0.2, 0) is 4.79 Å². The Labute approximate surface area is 191 Å². The van der Waals surface area contributed by atoms with Gasteiger partial charge in [0, 0.05) is 47.4 Å². The summed E-state index contributed by atoms with van der Waals surface area (Å²) in [6, 6.07) is 8.69. The van der Waals surface area contributed by atoms with E-state index in [0.29, 0.717) is 30.1 Å². The van der Waals surface area contributed by atoms with Crippen LogP contribution in [0.15, 0.2) is 54.5 Å². The first kappa shape index (κ1) is 20.2. The number of carbonyl (C=O) groups excluding carboxylic acids is 1. The van der Waals surface area contributed by atoms with Crippen LogP contribution in [0.4, 0.5) is 0 Å². The summed E-state index contributed by atoms with van der Waals surface area (Å²) in [7, 11) is 0. The molecule has 3 heteroatoms. The Kier molecular flexibility index (Phi) is 4.44. The highest BCUT2D eigenvalue weighted by Gasteiger charge is 2.58. The molecule has 0 bridgehead atoms. The van der Waals surface area contributed by atoms with Crippen molar-refractivity contribution in [1.29, 1.82) is 0 Å². The standard InChI is InChI=1S/C29H34N2O/c1-4-31-26-12-9-21-23-10-11-24(22-18-30-17-19-7-5-6-8-20(19)22)28(23,2)15-13-25(21)29(26,3)16-14-27(31)32/h5-8,11-12,17-18,21,23,25H,4,9-10,13-16H2,1-3H3/t21-,23-,25-,28-,29+/m0/s1. The highest BCUT2D eigenvalue weighted by Crippen LogP contribution is 2.66. The van der Waals surface area contributed by atoms with E-state index in [0.717, 1.165) is 19.4 Å². The topological polar surface area (TPSA) is 33.2 Å². The maximum Gasteiger partial charge on any atom is 0.226 e. The Bertz CT molecular complexity index is 1160. The predicted molar refractivity (Wildman–Crippen MR) is 130 cm³/mol. The van der Waals surface area contributed by atoms with Gasteiger partial charge in [-0.2, -0.15) is 0 Å². The SMILES string of the molecule is CCN1C(=O)CC[C@@]2(C)C1=CC[C@@H]1[C@@H]2CC[C@]2(C)C(c3cncc4ccccc34)=CC[C@@H]12. The van der Waals surface area contributed by atoms with Gasteiger partial charge in [0.2, 0.25) is 5.91 Å². The number of nitrogens with zero attached hydrogens (tertiary/aromatic N) is 2. The Morgan fingerprint density at radius 3 is 2.72 bits per heavy atom. The zero-order valence-electron chi connectivity index (χ0n) is 19.6. The first-order valence-electron chi connectivity index (χ1n) is 12.5. The Hall–Kier alpha value is -2.42. The van der Waals surface area contributed by atoms with Crippen LogP contribution in [0, 0.1) is 28.6 Å². The number of benzene rings is 1. The van der Waals surface area contributed by atoms with E-state index in [-0.39, 0.29) is 10.8 Å². The molecular weight excluding hydrogens is 392 g/mol. The molecule has 1 aromatic carbocycles. The number of allylic oxidation sites excluding steroid dienone is 4. The lowest BCUT2D eigenvalue weighted by Gasteiger charge is -2.58. The van der Waals surface area contributed by atoms with Gasteiger partial charge in [-0.15, -0.1) is 0 Å². The maximum absolute atomic E-state index is 12.6. The van der Waals surface area contributed by atoms with Crippen LogP contribution in [-0.4, -0.2) is 22.3 Å². The molecule has 3 nitrogen and oxygen atoms in total. The molecule has 2 fully saturated rings. The van der Waals surface area contributed by atoms with Gasteiger partial charge in [-0.25, -0.2) is 0 Å². The molecule has 4 aliphatic rings.